The summed E-state index contributed by atoms with van der Waals surface area (Å²) in [6.45, 7) is 3.90. The number of aromatic nitrogens is 2. The average Bonchev–Trinajstić information content (AvgIpc) is 3.22. The number of urea groups is 1. The molecule has 2 N–H and O–H groups in total. The molecule has 0 radical (unpaired) electrons. The third-order valence-corrected chi connectivity index (χ3v) is 4.24. The van der Waals surface area contributed by atoms with Crippen molar-refractivity contribution in [2.45, 2.75) is 32.4 Å². The van der Waals surface area contributed by atoms with Gasteiger partial charge in [0.25, 0.3) is 0 Å². The van der Waals surface area contributed by atoms with E-state index < -0.39 is 0 Å². The van der Waals surface area contributed by atoms with Gasteiger partial charge in [0, 0.05) is 44.1 Å². The van der Waals surface area contributed by atoms with Crippen LogP contribution >= 0.6 is 0 Å². The van der Waals surface area contributed by atoms with Gasteiger partial charge in [0.2, 0.25) is 5.91 Å². The fourth-order valence-electron chi connectivity index (χ4n) is 2.90. The molecule has 25 heavy (non-hydrogen) atoms. The van der Waals surface area contributed by atoms with Gasteiger partial charge in [-0.3, -0.25) is 4.79 Å². The Bertz CT molecular complexity index is 712. The molecule has 0 aliphatic carbocycles. The Morgan fingerprint density at radius 1 is 1.32 bits per heavy atom. The van der Waals surface area contributed by atoms with Crippen LogP contribution in [0.4, 0.5) is 10.5 Å². The average molecular weight is 341 g/mol. The SMILES string of the molecule is Cc1ccc(N2C[C@@H](NC(=O)NCCCn3ccnc3)CC2=O)cc1. The lowest BCUT2D eigenvalue weighted by Gasteiger charge is -2.17. The van der Waals surface area contributed by atoms with Gasteiger partial charge in [0.05, 0.1) is 12.4 Å². The molecule has 0 saturated carbocycles. The Labute approximate surface area is 147 Å². The molecule has 0 spiro atoms. The summed E-state index contributed by atoms with van der Waals surface area (Å²) in [5.41, 5.74) is 2.03. The Hall–Kier alpha value is -2.83. The molecule has 1 aromatic carbocycles. The van der Waals surface area contributed by atoms with Crippen molar-refractivity contribution in [1.82, 2.24) is 20.2 Å². The minimum atomic E-state index is -0.228. The Balaban J connectivity index is 1.41. The molecule has 1 saturated heterocycles. The van der Waals surface area contributed by atoms with Crippen molar-refractivity contribution in [1.29, 1.82) is 0 Å². The fraction of sp³-hybridized carbons (Fsp3) is 0.389. The minimum absolute atomic E-state index is 0.0364. The smallest absolute Gasteiger partial charge is 0.315 e. The molecule has 7 nitrogen and oxygen atoms in total. The van der Waals surface area contributed by atoms with E-state index in [4.69, 9.17) is 0 Å². The molecule has 3 rings (SSSR count). The molecule has 3 amide bonds. The maximum Gasteiger partial charge on any atom is 0.315 e. The number of nitrogens with zero attached hydrogens (tertiary/aromatic N) is 3. The number of carbonyl (C=O) groups is 2. The molecule has 7 heteroatoms. The number of carbonyl (C=O) groups excluding carboxylic acids is 2. The number of benzene rings is 1. The van der Waals surface area contributed by atoms with E-state index in [2.05, 4.69) is 15.6 Å². The molecule has 1 aliphatic rings. The van der Waals surface area contributed by atoms with Crippen LogP contribution in [0.15, 0.2) is 43.0 Å². The second-order valence-electron chi connectivity index (χ2n) is 6.30. The quantitative estimate of drug-likeness (QED) is 0.785. The highest BCUT2D eigenvalue weighted by Crippen LogP contribution is 2.21. The number of imidazole rings is 1. The summed E-state index contributed by atoms with van der Waals surface area (Å²) in [7, 11) is 0. The fourth-order valence-corrected chi connectivity index (χ4v) is 2.90. The van der Waals surface area contributed by atoms with Crippen LogP contribution in [-0.2, 0) is 11.3 Å². The first-order valence-corrected chi connectivity index (χ1v) is 8.49. The summed E-state index contributed by atoms with van der Waals surface area (Å²) in [5.74, 6) is 0.0364. The lowest BCUT2D eigenvalue weighted by Crippen LogP contribution is -2.43. The predicted molar refractivity (Wildman–Crippen MR) is 95.3 cm³/mol. The van der Waals surface area contributed by atoms with Crippen LogP contribution in [0, 0.1) is 6.92 Å². The van der Waals surface area contributed by atoms with E-state index in [0.29, 0.717) is 19.5 Å². The van der Waals surface area contributed by atoms with Crippen molar-refractivity contribution in [3.63, 3.8) is 0 Å². The zero-order chi connectivity index (χ0) is 17.6. The highest BCUT2D eigenvalue weighted by molar-refractivity contribution is 5.96. The number of anilines is 1. The van der Waals surface area contributed by atoms with Gasteiger partial charge in [0.15, 0.2) is 0 Å². The van der Waals surface area contributed by atoms with Crippen LogP contribution in [0.5, 0.6) is 0 Å². The van der Waals surface area contributed by atoms with Crippen molar-refractivity contribution < 1.29 is 9.59 Å². The van der Waals surface area contributed by atoms with Gasteiger partial charge in [-0.25, -0.2) is 9.78 Å². The Morgan fingerprint density at radius 2 is 2.12 bits per heavy atom. The summed E-state index contributed by atoms with van der Waals surface area (Å²) in [6, 6.07) is 7.45. The number of amides is 3. The summed E-state index contributed by atoms with van der Waals surface area (Å²) in [5, 5.41) is 5.72. The van der Waals surface area contributed by atoms with Gasteiger partial charge in [-0.2, -0.15) is 0 Å². The first-order valence-electron chi connectivity index (χ1n) is 8.49. The molecule has 1 aliphatic heterocycles. The molecule has 2 heterocycles. The normalized spacial score (nSPS) is 16.9. The van der Waals surface area contributed by atoms with Gasteiger partial charge < -0.3 is 20.1 Å². The zero-order valence-corrected chi connectivity index (χ0v) is 14.3. The number of rotatable bonds is 6. The van der Waals surface area contributed by atoms with Crippen molar-refractivity contribution in [2.24, 2.45) is 0 Å². The molecule has 0 unspecified atom stereocenters. The number of hydrogen-bond acceptors (Lipinski definition) is 3. The van der Waals surface area contributed by atoms with Crippen molar-refractivity contribution >= 4 is 17.6 Å². The monoisotopic (exact) mass is 341 g/mol. The van der Waals surface area contributed by atoms with Gasteiger partial charge in [-0.1, -0.05) is 17.7 Å². The summed E-state index contributed by atoms with van der Waals surface area (Å²) in [4.78, 5) is 29.9. The molecule has 132 valence electrons. The molecule has 1 fully saturated rings. The van der Waals surface area contributed by atoms with Crippen LogP contribution in [0.25, 0.3) is 0 Å². The van der Waals surface area contributed by atoms with Crippen LogP contribution in [0.2, 0.25) is 0 Å². The Kier molecular flexibility index (Phi) is 5.33. The molecular formula is C18H23N5O2. The molecule has 0 bridgehead atoms. The van der Waals surface area contributed by atoms with Gasteiger partial charge >= 0.3 is 6.03 Å². The highest BCUT2D eigenvalue weighted by atomic mass is 16.2. The van der Waals surface area contributed by atoms with E-state index in [0.717, 1.165) is 24.2 Å². The summed E-state index contributed by atoms with van der Waals surface area (Å²) in [6.07, 6.45) is 6.53. The van der Waals surface area contributed by atoms with Crippen molar-refractivity contribution in [3.05, 3.63) is 48.5 Å². The largest absolute Gasteiger partial charge is 0.338 e. The van der Waals surface area contributed by atoms with Gasteiger partial charge in [-0.15, -0.1) is 0 Å². The summed E-state index contributed by atoms with van der Waals surface area (Å²) < 4.78 is 1.97. The maximum absolute atomic E-state index is 12.2. The van der Waals surface area contributed by atoms with Crippen LogP contribution in [0.1, 0.15) is 18.4 Å². The van der Waals surface area contributed by atoms with E-state index in [-0.39, 0.29) is 18.0 Å². The van der Waals surface area contributed by atoms with E-state index in [1.165, 1.54) is 0 Å². The maximum atomic E-state index is 12.2. The van der Waals surface area contributed by atoms with E-state index in [1.807, 2.05) is 42.0 Å². The van der Waals surface area contributed by atoms with Gasteiger partial charge in [0.1, 0.15) is 0 Å². The summed E-state index contributed by atoms with van der Waals surface area (Å²) >= 11 is 0. The topological polar surface area (TPSA) is 79.3 Å². The Morgan fingerprint density at radius 3 is 2.84 bits per heavy atom. The lowest BCUT2D eigenvalue weighted by atomic mass is 10.2. The lowest BCUT2D eigenvalue weighted by molar-refractivity contribution is -0.117. The molecular weight excluding hydrogens is 318 g/mol. The molecule has 2 aromatic rings. The third-order valence-electron chi connectivity index (χ3n) is 4.24. The van der Waals surface area contributed by atoms with E-state index in [1.54, 1.807) is 17.4 Å². The van der Waals surface area contributed by atoms with Crippen molar-refractivity contribution in [3.8, 4) is 0 Å². The molecule has 1 atom stereocenters. The first-order chi connectivity index (χ1) is 12.1. The van der Waals surface area contributed by atoms with E-state index in [9.17, 15) is 9.59 Å². The number of aryl methyl sites for hydroxylation is 2. The third kappa shape index (κ3) is 4.59. The van der Waals surface area contributed by atoms with Crippen LogP contribution < -0.4 is 15.5 Å². The number of nitrogens with one attached hydrogen (secondary N) is 2. The molecule has 1 aromatic heterocycles. The second kappa shape index (κ2) is 7.83. The van der Waals surface area contributed by atoms with E-state index >= 15 is 0 Å². The minimum Gasteiger partial charge on any atom is -0.338 e. The number of hydrogen-bond donors (Lipinski definition) is 2. The zero-order valence-electron chi connectivity index (χ0n) is 14.3. The van der Waals surface area contributed by atoms with Crippen LogP contribution in [0.3, 0.4) is 0 Å². The van der Waals surface area contributed by atoms with Crippen LogP contribution in [-0.4, -0.2) is 40.6 Å². The van der Waals surface area contributed by atoms with Crippen molar-refractivity contribution in [2.75, 3.05) is 18.0 Å². The highest BCUT2D eigenvalue weighted by Gasteiger charge is 2.31. The predicted octanol–water partition coefficient (Wildman–Crippen LogP) is 1.69. The first kappa shape index (κ1) is 17.0. The van der Waals surface area contributed by atoms with Gasteiger partial charge in [-0.05, 0) is 25.5 Å². The second-order valence-corrected chi connectivity index (χ2v) is 6.30. The standard InChI is InChI=1S/C18H23N5O2/c1-14-3-5-16(6-4-14)23-12-15(11-17(23)24)21-18(25)20-7-2-9-22-10-8-19-13-22/h3-6,8,10,13,15H,2,7,9,11-12H2,1H3,(H2,20,21,25)/t15-/m0/s1.